The van der Waals surface area contributed by atoms with Crippen LogP contribution in [-0.4, -0.2) is 4.98 Å². The molecule has 0 aliphatic rings. The Hall–Kier alpha value is -3.23. The Morgan fingerprint density at radius 3 is 2.37 bits per heavy atom. The summed E-state index contributed by atoms with van der Waals surface area (Å²) >= 11 is 1.85. The highest BCUT2D eigenvalue weighted by Crippen LogP contribution is 2.45. The van der Waals surface area contributed by atoms with E-state index in [1.165, 1.54) is 41.7 Å². The molecule has 30 heavy (non-hydrogen) atoms. The van der Waals surface area contributed by atoms with Gasteiger partial charge >= 0.3 is 0 Å². The fraction of sp³-hybridized carbons (Fsp3) is 0.107. The lowest BCUT2D eigenvalue weighted by Crippen LogP contribution is -1.91. The van der Waals surface area contributed by atoms with Gasteiger partial charge in [-0.15, -0.1) is 11.3 Å². The van der Waals surface area contributed by atoms with E-state index in [4.69, 9.17) is 6.35 Å². The molecule has 4 aromatic carbocycles. The highest BCUT2D eigenvalue weighted by atomic mass is 32.1. The van der Waals surface area contributed by atoms with Gasteiger partial charge in [0.1, 0.15) is 0 Å². The molecular formula is C28H21NS. The first-order valence-electron chi connectivity index (χ1n) is 10.7. The number of aromatic nitrogens is 1. The van der Waals surface area contributed by atoms with Crippen molar-refractivity contribution in [2.45, 2.75) is 19.7 Å². The van der Waals surface area contributed by atoms with Crippen molar-refractivity contribution in [2.24, 2.45) is 0 Å². The smallest absolute Gasteiger partial charge is 0.0719 e. The molecule has 0 atom stereocenters. The van der Waals surface area contributed by atoms with Crippen LogP contribution in [0.5, 0.6) is 0 Å². The molecule has 0 aliphatic carbocycles. The van der Waals surface area contributed by atoms with Crippen molar-refractivity contribution in [3.8, 4) is 11.3 Å². The van der Waals surface area contributed by atoms with Crippen molar-refractivity contribution in [1.29, 1.82) is 0 Å². The highest BCUT2D eigenvalue weighted by molar-refractivity contribution is 7.27. The van der Waals surface area contributed by atoms with Gasteiger partial charge in [-0.25, -0.2) is 0 Å². The Kier molecular flexibility index (Phi) is 3.67. The van der Waals surface area contributed by atoms with E-state index in [1.807, 2.05) is 37.4 Å². The molecule has 0 saturated heterocycles. The van der Waals surface area contributed by atoms with Gasteiger partial charge in [-0.05, 0) is 51.2 Å². The maximum absolute atomic E-state index is 8.48. The van der Waals surface area contributed by atoms with Gasteiger partial charge in [-0.2, -0.15) is 0 Å². The molecule has 0 aliphatic heterocycles. The van der Waals surface area contributed by atoms with Gasteiger partial charge in [0, 0.05) is 33.3 Å². The van der Waals surface area contributed by atoms with E-state index in [2.05, 4.69) is 72.8 Å². The van der Waals surface area contributed by atoms with Crippen LogP contribution in [-0.2, 0) is 0 Å². The average Bonchev–Trinajstić information content (AvgIpc) is 3.18. The fourth-order valence-electron chi connectivity index (χ4n) is 4.43. The summed E-state index contributed by atoms with van der Waals surface area (Å²) in [6.45, 7) is 3.85. The van der Waals surface area contributed by atoms with Gasteiger partial charge < -0.3 is 0 Å². The first-order valence-corrected chi connectivity index (χ1v) is 11.0. The topological polar surface area (TPSA) is 12.9 Å². The van der Waals surface area contributed by atoms with Crippen molar-refractivity contribution in [3.63, 3.8) is 0 Å². The maximum atomic E-state index is 8.48. The van der Waals surface area contributed by atoms with Crippen molar-refractivity contribution in [3.05, 3.63) is 90.6 Å². The monoisotopic (exact) mass is 404 g/mol. The summed E-state index contributed by atoms with van der Waals surface area (Å²) in [6, 6.07) is 28.0. The van der Waals surface area contributed by atoms with Crippen LogP contribution < -0.4 is 0 Å². The first kappa shape index (κ1) is 16.6. The fourth-order valence-corrected chi connectivity index (χ4v) is 5.81. The van der Waals surface area contributed by atoms with Crippen molar-refractivity contribution in [2.75, 3.05) is 0 Å². The first-order chi connectivity index (χ1) is 15.0. The predicted molar refractivity (Wildman–Crippen MR) is 132 cm³/mol. The van der Waals surface area contributed by atoms with Crippen LogP contribution in [0.15, 0.2) is 85.1 Å². The molecule has 6 rings (SSSR count). The summed E-state index contributed by atoms with van der Waals surface area (Å²) < 4.78 is 11.1. The van der Waals surface area contributed by atoms with Gasteiger partial charge in [0.15, 0.2) is 0 Å². The number of fused-ring (bicyclic) bond motifs is 7. The Morgan fingerprint density at radius 2 is 1.53 bits per heavy atom. The van der Waals surface area contributed by atoms with E-state index in [1.54, 1.807) is 0 Å². The SMILES string of the molecule is [2H]C(C)(C)c1ccnc(-c2cc3ccccc3c3c2sc2c4ccccc4ccc23)c1. The van der Waals surface area contributed by atoms with Crippen LogP contribution in [0.2, 0.25) is 0 Å². The molecule has 0 radical (unpaired) electrons. The lowest BCUT2D eigenvalue weighted by Gasteiger charge is -2.10. The molecule has 144 valence electrons. The van der Waals surface area contributed by atoms with E-state index in [0.29, 0.717) is 0 Å². The Labute approximate surface area is 181 Å². The minimum atomic E-state index is -0.663. The molecule has 0 N–H and O–H groups in total. The number of nitrogens with zero attached hydrogens (tertiary/aromatic N) is 1. The number of rotatable bonds is 2. The molecule has 1 nitrogen and oxygen atoms in total. The maximum Gasteiger partial charge on any atom is 0.0719 e. The second-order valence-corrected chi connectivity index (χ2v) is 9.07. The number of thiophene rings is 1. The summed E-state index contributed by atoms with van der Waals surface area (Å²) in [5.41, 5.74) is 3.06. The van der Waals surface area contributed by atoms with E-state index in [-0.39, 0.29) is 0 Å². The molecule has 0 fully saturated rings. The van der Waals surface area contributed by atoms with Crippen molar-refractivity contribution in [1.82, 2.24) is 4.98 Å². The quantitative estimate of drug-likeness (QED) is 0.282. The van der Waals surface area contributed by atoms with E-state index in [9.17, 15) is 0 Å². The zero-order chi connectivity index (χ0) is 21.2. The molecule has 0 bridgehead atoms. The molecule has 0 spiro atoms. The molecule has 2 heterocycles. The second kappa shape index (κ2) is 6.65. The Balaban J connectivity index is 1.79. The summed E-state index contributed by atoms with van der Waals surface area (Å²) in [6.07, 6.45) is 1.84. The van der Waals surface area contributed by atoms with Crippen LogP contribution >= 0.6 is 11.3 Å². The zero-order valence-corrected chi connectivity index (χ0v) is 17.8. The molecule has 6 aromatic rings. The second-order valence-electron chi connectivity index (χ2n) is 8.04. The van der Waals surface area contributed by atoms with Crippen molar-refractivity contribution < 1.29 is 1.37 Å². The third-order valence-electron chi connectivity index (χ3n) is 5.97. The minimum Gasteiger partial charge on any atom is -0.256 e. The third kappa shape index (κ3) is 2.57. The van der Waals surface area contributed by atoms with E-state index >= 15 is 0 Å². The Morgan fingerprint density at radius 1 is 0.767 bits per heavy atom. The predicted octanol–water partition coefficient (Wildman–Crippen LogP) is 8.55. The van der Waals surface area contributed by atoms with Crippen LogP contribution in [0.4, 0.5) is 0 Å². The van der Waals surface area contributed by atoms with E-state index in [0.717, 1.165) is 16.8 Å². The summed E-state index contributed by atoms with van der Waals surface area (Å²) in [4.78, 5) is 4.74. The van der Waals surface area contributed by atoms with Crippen molar-refractivity contribution >= 4 is 53.1 Å². The molecule has 2 aromatic heterocycles. The number of hydrogen-bond acceptors (Lipinski definition) is 2. The zero-order valence-electron chi connectivity index (χ0n) is 17.9. The van der Waals surface area contributed by atoms with Gasteiger partial charge in [-0.1, -0.05) is 74.5 Å². The number of pyridine rings is 1. The van der Waals surface area contributed by atoms with Gasteiger partial charge in [0.25, 0.3) is 0 Å². The van der Waals surface area contributed by atoms with Crippen LogP contribution in [0.1, 0.15) is 26.7 Å². The van der Waals surface area contributed by atoms with Crippen LogP contribution in [0.25, 0.3) is 53.0 Å². The largest absolute Gasteiger partial charge is 0.256 e. The van der Waals surface area contributed by atoms with Crippen LogP contribution in [0, 0.1) is 0 Å². The molecule has 0 amide bonds. The number of benzene rings is 4. The van der Waals surface area contributed by atoms with Gasteiger partial charge in [0.05, 0.1) is 5.69 Å². The number of hydrogen-bond donors (Lipinski definition) is 0. The third-order valence-corrected chi connectivity index (χ3v) is 7.24. The standard InChI is InChI=1S/C28H21NS/c1-17(2)19-13-14-29-25(16-19)24-15-20-8-4-5-9-21(20)26-23-12-11-18-7-3-6-10-22(18)27(23)30-28(24)26/h3-17H,1-2H3/i17D. The van der Waals surface area contributed by atoms with E-state index < -0.39 is 5.89 Å². The minimum absolute atomic E-state index is 0.663. The average molecular weight is 405 g/mol. The lowest BCUT2D eigenvalue weighted by atomic mass is 9.96. The summed E-state index contributed by atoms with van der Waals surface area (Å²) in [5.74, 6) is -0.663. The molecule has 0 unspecified atom stereocenters. The van der Waals surface area contributed by atoms with Crippen LogP contribution in [0.3, 0.4) is 0 Å². The summed E-state index contributed by atoms with van der Waals surface area (Å²) in [5, 5.41) is 7.66. The molecular weight excluding hydrogens is 382 g/mol. The molecule has 2 heteroatoms. The molecule has 0 saturated carbocycles. The van der Waals surface area contributed by atoms with Gasteiger partial charge in [-0.3, -0.25) is 4.98 Å². The normalized spacial score (nSPS) is 12.8. The lowest BCUT2D eigenvalue weighted by molar-refractivity contribution is 0.864. The highest BCUT2D eigenvalue weighted by Gasteiger charge is 2.17. The van der Waals surface area contributed by atoms with Gasteiger partial charge in [0.2, 0.25) is 0 Å². The Bertz CT molecular complexity index is 1620. The summed E-state index contributed by atoms with van der Waals surface area (Å²) in [7, 11) is 0.